The van der Waals surface area contributed by atoms with E-state index in [2.05, 4.69) is 0 Å². The SMILES string of the molecule is COc1ccc2cc(C(C)C(=O)OCc3ccc(N4C(=O)c5ccccc5C4=O)cc3)ccc2c1. The minimum Gasteiger partial charge on any atom is -0.497 e. The van der Waals surface area contributed by atoms with Gasteiger partial charge in [-0.05, 0) is 65.2 Å². The minimum atomic E-state index is -0.431. The van der Waals surface area contributed by atoms with Crippen molar-refractivity contribution in [2.45, 2.75) is 19.4 Å². The molecule has 5 rings (SSSR count). The molecule has 1 heterocycles. The van der Waals surface area contributed by atoms with Crippen molar-refractivity contribution < 1.29 is 23.9 Å². The van der Waals surface area contributed by atoms with Gasteiger partial charge in [0.15, 0.2) is 0 Å². The molecule has 0 saturated carbocycles. The van der Waals surface area contributed by atoms with Gasteiger partial charge in [0.25, 0.3) is 11.8 Å². The smallest absolute Gasteiger partial charge is 0.313 e. The third-order valence-electron chi connectivity index (χ3n) is 6.29. The lowest BCUT2D eigenvalue weighted by atomic mass is 9.98. The lowest BCUT2D eigenvalue weighted by Gasteiger charge is -2.15. The number of esters is 1. The van der Waals surface area contributed by atoms with Gasteiger partial charge >= 0.3 is 5.97 Å². The minimum absolute atomic E-state index is 0.0936. The monoisotopic (exact) mass is 465 g/mol. The number of rotatable bonds is 6. The molecule has 0 radical (unpaired) electrons. The number of imide groups is 1. The summed E-state index contributed by atoms with van der Waals surface area (Å²) in [5, 5.41) is 2.05. The molecule has 0 N–H and O–H groups in total. The van der Waals surface area contributed by atoms with E-state index >= 15 is 0 Å². The Morgan fingerprint density at radius 1 is 0.829 bits per heavy atom. The van der Waals surface area contributed by atoms with Gasteiger partial charge in [0.1, 0.15) is 12.4 Å². The van der Waals surface area contributed by atoms with Gasteiger partial charge in [-0.25, -0.2) is 4.90 Å². The number of ether oxygens (including phenoxy) is 2. The molecule has 0 spiro atoms. The van der Waals surface area contributed by atoms with Crippen molar-refractivity contribution in [1.29, 1.82) is 0 Å². The van der Waals surface area contributed by atoms with E-state index in [1.54, 1.807) is 55.6 Å². The number of amides is 2. The van der Waals surface area contributed by atoms with E-state index in [1.165, 1.54) is 0 Å². The molecular weight excluding hydrogens is 442 g/mol. The Morgan fingerprint density at radius 3 is 2.11 bits per heavy atom. The zero-order valence-corrected chi connectivity index (χ0v) is 19.4. The molecule has 4 aromatic carbocycles. The first-order valence-corrected chi connectivity index (χ1v) is 11.3. The molecule has 0 saturated heterocycles. The quantitative estimate of drug-likeness (QED) is 0.278. The number of anilines is 1. The highest BCUT2D eigenvalue weighted by Gasteiger charge is 2.36. The van der Waals surface area contributed by atoms with Crippen molar-refractivity contribution in [2.75, 3.05) is 12.0 Å². The second-order valence-corrected chi connectivity index (χ2v) is 8.46. The molecule has 174 valence electrons. The third kappa shape index (κ3) is 4.15. The Labute approximate surface area is 202 Å². The van der Waals surface area contributed by atoms with Gasteiger partial charge in [-0.2, -0.15) is 0 Å². The standard InChI is InChI=1S/C29H23NO5/c1-18(20-9-10-22-16-24(34-2)14-11-21(22)15-20)29(33)35-17-19-7-12-23(13-8-19)30-27(31)25-5-3-4-6-26(25)28(30)32/h3-16,18H,17H2,1-2H3. The average molecular weight is 466 g/mol. The van der Waals surface area contributed by atoms with E-state index in [0.717, 1.165) is 32.5 Å². The zero-order chi connectivity index (χ0) is 24.5. The Balaban J connectivity index is 1.24. The second-order valence-electron chi connectivity index (χ2n) is 8.46. The summed E-state index contributed by atoms with van der Waals surface area (Å²) in [6.45, 7) is 1.91. The number of benzene rings is 4. The van der Waals surface area contributed by atoms with Crippen molar-refractivity contribution in [3.63, 3.8) is 0 Å². The summed E-state index contributed by atoms with van der Waals surface area (Å²) in [7, 11) is 1.63. The molecule has 1 unspecified atom stereocenters. The number of hydrogen-bond acceptors (Lipinski definition) is 5. The van der Waals surface area contributed by atoms with Crippen LogP contribution in [0.3, 0.4) is 0 Å². The van der Waals surface area contributed by atoms with Gasteiger partial charge < -0.3 is 9.47 Å². The largest absolute Gasteiger partial charge is 0.497 e. The molecule has 4 aromatic rings. The van der Waals surface area contributed by atoms with Gasteiger partial charge in [0.2, 0.25) is 0 Å². The highest BCUT2D eigenvalue weighted by Crippen LogP contribution is 2.29. The van der Waals surface area contributed by atoms with Crippen LogP contribution in [0.2, 0.25) is 0 Å². The van der Waals surface area contributed by atoms with E-state index in [-0.39, 0.29) is 24.4 Å². The van der Waals surface area contributed by atoms with Gasteiger partial charge in [-0.3, -0.25) is 14.4 Å². The summed E-state index contributed by atoms with van der Waals surface area (Å²) in [6, 6.07) is 25.3. The fourth-order valence-corrected chi connectivity index (χ4v) is 4.22. The fraction of sp³-hybridized carbons (Fsp3) is 0.138. The third-order valence-corrected chi connectivity index (χ3v) is 6.29. The topological polar surface area (TPSA) is 72.9 Å². The van der Waals surface area contributed by atoms with Gasteiger partial charge in [0, 0.05) is 0 Å². The highest BCUT2D eigenvalue weighted by atomic mass is 16.5. The fourth-order valence-electron chi connectivity index (χ4n) is 4.22. The van der Waals surface area contributed by atoms with Gasteiger partial charge in [-0.15, -0.1) is 0 Å². The van der Waals surface area contributed by atoms with Crippen LogP contribution in [0.15, 0.2) is 84.9 Å². The second kappa shape index (κ2) is 9.06. The van der Waals surface area contributed by atoms with Crippen LogP contribution in [0.5, 0.6) is 5.75 Å². The first-order valence-electron chi connectivity index (χ1n) is 11.3. The molecule has 0 aromatic heterocycles. The van der Waals surface area contributed by atoms with Crippen LogP contribution in [0, 0.1) is 0 Å². The summed E-state index contributed by atoms with van der Waals surface area (Å²) >= 11 is 0. The van der Waals surface area contributed by atoms with E-state index in [1.807, 2.05) is 43.3 Å². The first kappa shape index (κ1) is 22.3. The van der Waals surface area contributed by atoms with Crippen LogP contribution in [-0.2, 0) is 16.1 Å². The van der Waals surface area contributed by atoms with E-state index < -0.39 is 5.92 Å². The number of methoxy groups -OCH3 is 1. The number of fused-ring (bicyclic) bond motifs is 2. The van der Waals surface area contributed by atoms with Crippen molar-refractivity contribution in [3.05, 3.63) is 107 Å². The number of hydrogen-bond donors (Lipinski definition) is 0. The molecule has 6 heteroatoms. The van der Waals surface area contributed by atoms with Crippen LogP contribution in [0.1, 0.15) is 44.7 Å². The number of carbonyl (C=O) groups excluding carboxylic acids is 3. The predicted octanol–water partition coefficient (Wildman–Crippen LogP) is 5.50. The van der Waals surface area contributed by atoms with Crippen LogP contribution >= 0.6 is 0 Å². The van der Waals surface area contributed by atoms with Crippen LogP contribution < -0.4 is 9.64 Å². The van der Waals surface area contributed by atoms with Crippen molar-refractivity contribution in [1.82, 2.24) is 0 Å². The van der Waals surface area contributed by atoms with E-state index in [0.29, 0.717) is 16.8 Å². The summed E-state index contributed by atoms with van der Waals surface area (Å²) in [4.78, 5) is 39.2. The molecule has 1 aliphatic heterocycles. The Kier molecular flexibility index (Phi) is 5.79. The summed E-state index contributed by atoms with van der Waals surface area (Å²) < 4.78 is 10.8. The molecule has 0 bridgehead atoms. The number of nitrogens with zero attached hydrogens (tertiary/aromatic N) is 1. The Bertz CT molecular complexity index is 1420. The Hall–Kier alpha value is -4.45. The maximum absolute atomic E-state index is 12.7. The summed E-state index contributed by atoms with van der Waals surface area (Å²) in [5.74, 6) is -0.659. The molecule has 2 amide bonds. The maximum atomic E-state index is 12.7. The Morgan fingerprint density at radius 2 is 1.46 bits per heavy atom. The van der Waals surface area contributed by atoms with Gasteiger partial charge in [-0.1, -0.05) is 48.5 Å². The molecule has 0 aliphatic carbocycles. The molecular formula is C29H23NO5. The normalized spacial score (nSPS) is 13.6. The molecule has 1 atom stereocenters. The van der Waals surface area contributed by atoms with Gasteiger partial charge in [0.05, 0.1) is 29.8 Å². The van der Waals surface area contributed by atoms with Crippen molar-refractivity contribution in [2.24, 2.45) is 0 Å². The van der Waals surface area contributed by atoms with Crippen LogP contribution in [0.4, 0.5) is 5.69 Å². The van der Waals surface area contributed by atoms with Crippen molar-refractivity contribution >= 4 is 34.2 Å². The molecule has 35 heavy (non-hydrogen) atoms. The van der Waals surface area contributed by atoms with Crippen LogP contribution in [-0.4, -0.2) is 24.9 Å². The summed E-state index contributed by atoms with van der Waals surface area (Å²) in [6.07, 6.45) is 0. The zero-order valence-electron chi connectivity index (χ0n) is 19.4. The van der Waals surface area contributed by atoms with Crippen LogP contribution in [0.25, 0.3) is 10.8 Å². The highest BCUT2D eigenvalue weighted by molar-refractivity contribution is 6.34. The van der Waals surface area contributed by atoms with E-state index in [9.17, 15) is 14.4 Å². The lowest BCUT2D eigenvalue weighted by molar-refractivity contribution is -0.146. The predicted molar refractivity (Wildman–Crippen MR) is 133 cm³/mol. The average Bonchev–Trinajstić information content (AvgIpc) is 3.16. The number of carbonyl (C=O) groups is 3. The first-order chi connectivity index (χ1) is 17.0. The molecule has 6 nitrogen and oxygen atoms in total. The summed E-state index contributed by atoms with van der Waals surface area (Å²) in [5.41, 5.74) is 2.91. The van der Waals surface area contributed by atoms with E-state index in [4.69, 9.17) is 9.47 Å². The maximum Gasteiger partial charge on any atom is 0.313 e. The molecule has 0 fully saturated rings. The lowest BCUT2D eigenvalue weighted by Crippen LogP contribution is -2.29. The molecule has 1 aliphatic rings. The van der Waals surface area contributed by atoms with Crippen molar-refractivity contribution in [3.8, 4) is 5.75 Å².